The summed E-state index contributed by atoms with van der Waals surface area (Å²) in [5.41, 5.74) is 6.15. The molecule has 106 valence electrons. The van der Waals surface area contributed by atoms with E-state index in [9.17, 15) is 0 Å². The summed E-state index contributed by atoms with van der Waals surface area (Å²) >= 11 is 0. The first kappa shape index (κ1) is 14.3. The number of nitrogens with two attached hydrogens (primary N) is 1. The Hall–Kier alpha value is -0.0800. The standard InChI is InChI=1S/C16H32N2/c1-12-9-13(2)14(3)18(11-12)16(10-17)15-7-5-4-6-8-15/h12-16H,4-11,17H2,1-3H3. The highest BCUT2D eigenvalue weighted by atomic mass is 15.2. The topological polar surface area (TPSA) is 29.3 Å². The monoisotopic (exact) mass is 252 g/mol. The minimum atomic E-state index is 0.644. The normalized spacial score (nSPS) is 37.7. The van der Waals surface area contributed by atoms with E-state index >= 15 is 0 Å². The summed E-state index contributed by atoms with van der Waals surface area (Å²) < 4.78 is 0. The maximum Gasteiger partial charge on any atom is 0.0249 e. The van der Waals surface area contributed by atoms with Crippen LogP contribution in [0.25, 0.3) is 0 Å². The van der Waals surface area contributed by atoms with Crippen LogP contribution in [0.15, 0.2) is 0 Å². The summed E-state index contributed by atoms with van der Waals surface area (Å²) in [5.74, 6) is 2.53. The van der Waals surface area contributed by atoms with Gasteiger partial charge in [0.15, 0.2) is 0 Å². The molecule has 0 aromatic rings. The lowest BCUT2D eigenvalue weighted by molar-refractivity contribution is 0.0122. The van der Waals surface area contributed by atoms with E-state index in [1.807, 2.05) is 0 Å². The fourth-order valence-electron chi connectivity index (χ4n) is 4.31. The quantitative estimate of drug-likeness (QED) is 0.835. The molecule has 0 amide bonds. The summed E-state index contributed by atoms with van der Waals surface area (Å²) in [6, 6.07) is 1.36. The van der Waals surface area contributed by atoms with Crippen LogP contribution in [-0.4, -0.2) is 30.1 Å². The molecule has 0 aromatic heterocycles. The second-order valence-corrected chi connectivity index (χ2v) is 6.96. The molecule has 4 unspecified atom stereocenters. The van der Waals surface area contributed by atoms with Gasteiger partial charge in [-0.15, -0.1) is 0 Å². The second kappa shape index (κ2) is 6.38. The van der Waals surface area contributed by atoms with Crippen molar-refractivity contribution in [3.05, 3.63) is 0 Å². The van der Waals surface area contributed by atoms with Crippen molar-refractivity contribution in [1.82, 2.24) is 4.90 Å². The van der Waals surface area contributed by atoms with Gasteiger partial charge in [0.2, 0.25) is 0 Å². The van der Waals surface area contributed by atoms with Gasteiger partial charge in [0.05, 0.1) is 0 Å². The summed E-state index contributed by atoms with van der Waals surface area (Å²) in [4.78, 5) is 2.76. The smallest absolute Gasteiger partial charge is 0.0249 e. The predicted molar refractivity (Wildman–Crippen MR) is 78.5 cm³/mol. The van der Waals surface area contributed by atoms with Crippen LogP contribution in [0.5, 0.6) is 0 Å². The van der Waals surface area contributed by atoms with Crippen molar-refractivity contribution < 1.29 is 0 Å². The molecule has 1 aliphatic carbocycles. The van der Waals surface area contributed by atoms with Crippen molar-refractivity contribution in [1.29, 1.82) is 0 Å². The molecule has 2 heteroatoms. The van der Waals surface area contributed by atoms with Gasteiger partial charge in [-0.05, 0) is 43.9 Å². The van der Waals surface area contributed by atoms with Crippen molar-refractivity contribution in [3.8, 4) is 0 Å². The molecule has 4 atom stereocenters. The molecular formula is C16H32N2. The lowest BCUT2D eigenvalue weighted by Gasteiger charge is -2.48. The predicted octanol–water partition coefficient (Wildman–Crippen LogP) is 3.26. The van der Waals surface area contributed by atoms with Gasteiger partial charge in [0, 0.05) is 25.2 Å². The van der Waals surface area contributed by atoms with Crippen LogP contribution >= 0.6 is 0 Å². The van der Waals surface area contributed by atoms with Crippen molar-refractivity contribution in [3.63, 3.8) is 0 Å². The number of likely N-dealkylation sites (tertiary alicyclic amines) is 1. The van der Waals surface area contributed by atoms with Crippen molar-refractivity contribution >= 4 is 0 Å². The molecule has 1 saturated heterocycles. The van der Waals surface area contributed by atoms with E-state index in [0.717, 1.165) is 30.3 Å². The number of rotatable bonds is 3. The SMILES string of the molecule is CC1CC(C)C(C)N(C(CN)C2CCCCC2)C1. The molecule has 2 aliphatic rings. The Morgan fingerprint density at radius 2 is 1.78 bits per heavy atom. The first-order chi connectivity index (χ1) is 8.63. The van der Waals surface area contributed by atoms with Crippen LogP contribution < -0.4 is 5.73 Å². The fourth-order valence-corrected chi connectivity index (χ4v) is 4.31. The minimum Gasteiger partial charge on any atom is -0.329 e. The Morgan fingerprint density at radius 1 is 1.11 bits per heavy atom. The third-order valence-electron chi connectivity index (χ3n) is 5.50. The van der Waals surface area contributed by atoms with Gasteiger partial charge in [-0.2, -0.15) is 0 Å². The average molecular weight is 252 g/mol. The molecule has 0 radical (unpaired) electrons. The largest absolute Gasteiger partial charge is 0.329 e. The zero-order chi connectivity index (χ0) is 13.1. The molecule has 2 nitrogen and oxygen atoms in total. The Morgan fingerprint density at radius 3 is 2.39 bits per heavy atom. The Kier molecular flexibility index (Phi) is 5.08. The fraction of sp³-hybridized carbons (Fsp3) is 1.00. The zero-order valence-electron chi connectivity index (χ0n) is 12.6. The van der Waals surface area contributed by atoms with Crippen molar-refractivity contribution in [2.45, 2.75) is 71.4 Å². The van der Waals surface area contributed by atoms with E-state index < -0.39 is 0 Å². The Labute approximate surface area is 113 Å². The van der Waals surface area contributed by atoms with E-state index in [1.54, 1.807) is 0 Å². The van der Waals surface area contributed by atoms with Gasteiger partial charge in [0.25, 0.3) is 0 Å². The van der Waals surface area contributed by atoms with Crippen molar-refractivity contribution in [2.24, 2.45) is 23.5 Å². The number of hydrogen-bond acceptors (Lipinski definition) is 2. The van der Waals surface area contributed by atoms with Crippen molar-refractivity contribution in [2.75, 3.05) is 13.1 Å². The van der Waals surface area contributed by atoms with E-state index in [-0.39, 0.29) is 0 Å². The van der Waals surface area contributed by atoms with E-state index in [0.29, 0.717) is 6.04 Å². The first-order valence-corrected chi connectivity index (χ1v) is 8.09. The second-order valence-electron chi connectivity index (χ2n) is 6.96. The van der Waals surface area contributed by atoms with Crippen LogP contribution in [0.1, 0.15) is 59.3 Å². The molecule has 18 heavy (non-hydrogen) atoms. The van der Waals surface area contributed by atoms with E-state index in [2.05, 4.69) is 25.7 Å². The average Bonchev–Trinajstić information content (AvgIpc) is 2.37. The lowest BCUT2D eigenvalue weighted by atomic mass is 9.79. The van der Waals surface area contributed by atoms with Crippen LogP contribution in [0.4, 0.5) is 0 Å². The summed E-state index contributed by atoms with van der Waals surface area (Å²) in [5, 5.41) is 0. The van der Waals surface area contributed by atoms with E-state index in [1.165, 1.54) is 45.1 Å². The summed E-state index contributed by atoms with van der Waals surface area (Å²) in [6.45, 7) is 9.37. The number of piperidine rings is 1. The molecule has 1 saturated carbocycles. The third kappa shape index (κ3) is 3.08. The highest BCUT2D eigenvalue weighted by molar-refractivity contribution is 4.90. The Bertz CT molecular complexity index is 247. The van der Waals surface area contributed by atoms with E-state index in [4.69, 9.17) is 5.73 Å². The Balaban J connectivity index is 2.04. The highest BCUT2D eigenvalue weighted by Crippen LogP contribution is 2.34. The van der Waals surface area contributed by atoms with Crippen LogP contribution in [0.3, 0.4) is 0 Å². The highest BCUT2D eigenvalue weighted by Gasteiger charge is 2.36. The number of hydrogen-bond donors (Lipinski definition) is 1. The molecule has 1 heterocycles. The van der Waals surface area contributed by atoms with Crippen LogP contribution in [0.2, 0.25) is 0 Å². The number of nitrogens with zero attached hydrogens (tertiary/aromatic N) is 1. The minimum absolute atomic E-state index is 0.644. The lowest BCUT2D eigenvalue weighted by Crippen LogP contribution is -2.56. The summed E-state index contributed by atoms with van der Waals surface area (Å²) in [7, 11) is 0. The third-order valence-corrected chi connectivity index (χ3v) is 5.50. The maximum absolute atomic E-state index is 6.15. The molecule has 2 N–H and O–H groups in total. The molecule has 2 fully saturated rings. The van der Waals surface area contributed by atoms with Gasteiger partial charge < -0.3 is 5.73 Å². The molecule has 0 aromatic carbocycles. The van der Waals surface area contributed by atoms with Crippen LogP contribution in [0, 0.1) is 17.8 Å². The molecule has 2 rings (SSSR count). The van der Waals surface area contributed by atoms with Gasteiger partial charge >= 0.3 is 0 Å². The molecule has 0 spiro atoms. The maximum atomic E-state index is 6.15. The molecular weight excluding hydrogens is 220 g/mol. The summed E-state index contributed by atoms with van der Waals surface area (Å²) in [6.07, 6.45) is 8.50. The van der Waals surface area contributed by atoms with Gasteiger partial charge in [-0.25, -0.2) is 0 Å². The molecule has 1 aliphatic heterocycles. The zero-order valence-corrected chi connectivity index (χ0v) is 12.6. The van der Waals surface area contributed by atoms with Gasteiger partial charge in [-0.3, -0.25) is 4.90 Å². The molecule has 0 bridgehead atoms. The van der Waals surface area contributed by atoms with Gasteiger partial charge in [0.1, 0.15) is 0 Å². The van der Waals surface area contributed by atoms with Crippen LogP contribution in [-0.2, 0) is 0 Å². The first-order valence-electron chi connectivity index (χ1n) is 8.09. The van der Waals surface area contributed by atoms with Gasteiger partial charge in [-0.1, -0.05) is 33.1 Å².